The molecule has 0 aliphatic rings. The number of hydrogen-bond donors (Lipinski definition) is 2. The highest BCUT2D eigenvalue weighted by Crippen LogP contribution is 2.52. The summed E-state index contributed by atoms with van der Waals surface area (Å²) in [6.07, 6.45) is -10.3. The van der Waals surface area contributed by atoms with Crippen LogP contribution in [-0.4, -0.2) is 56.3 Å². The van der Waals surface area contributed by atoms with Crippen molar-refractivity contribution < 1.29 is 48.7 Å². The molecular weight excluding hydrogens is 569 g/mol. The van der Waals surface area contributed by atoms with Crippen molar-refractivity contribution in [1.29, 1.82) is 0 Å². The van der Waals surface area contributed by atoms with E-state index in [0.717, 1.165) is 19.3 Å². The molecule has 0 aromatic heterocycles. The summed E-state index contributed by atoms with van der Waals surface area (Å²) < 4.78 is 116. The summed E-state index contributed by atoms with van der Waals surface area (Å²) in [6, 6.07) is 2.87. The van der Waals surface area contributed by atoms with E-state index in [-0.39, 0.29) is 21.8 Å². The number of rotatable bonds is 10. The average molecular weight is 595 g/mol. The molecule has 0 spiro atoms. The monoisotopic (exact) mass is 594 g/mol. The zero-order valence-electron chi connectivity index (χ0n) is 20.6. The molecule has 1 aromatic rings. The summed E-state index contributed by atoms with van der Waals surface area (Å²) in [5.74, 6) is -5.00. The van der Waals surface area contributed by atoms with E-state index >= 15 is 0 Å². The minimum Gasteiger partial charge on any atom is -0.348 e. The number of carbonyl (C=O) groups excluding carboxylic acids is 2. The largest absolute Gasteiger partial charge is 0.432 e. The molecule has 0 fully saturated rings. The first-order valence-electron chi connectivity index (χ1n) is 10.9. The normalized spacial score (nSPS) is 15.3. The van der Waals surface area contributed by atoms with Crippen molar-refractivity contribution in [1.82, 2.24) is 10.6 Å². The molecule has 0 saturated heterocycles. The number of alkyl halides is 7. The molecule has 2 unspecified atom stereocenters. The van der Waals surface area contributed by atoms with Crippen LogP contribution < -0.4 is 10.6 Å². The van der Waals surface area contributed by atoms with Crippen molar-refractivity contribution in [2.75, 3.05) is 12.0 Å². The molecule has 15 heteroatoms. The molecule has 0 radical (unpaired) electrons. The number of hydrogen-bond acceptors (Lipinski definition) is 4. The number of amides is 2. The van der Waals surface area contributed by atoms with E-state index in [0.29, 0.717) is 12.2 Å². The van der Waals surface area contributed by atoms with Crippen LogP contribution in [0.2, 0.25) is 5.02 Å². The molecule has 0 aliphatic heterocycles. The third-order valence-corrected chi connectivity index (χ3v) is 6.69. The van der Waals surface area contributed by atoms with Gasteiger partial charge in [-0.1, -0.05) is 36.7 Å². The van der Waals surface area contributed by atoms with Gasteiger partial charge in [-0.3, -0.25) is 9.59 Å². The van der Waals surface area contributed by atoms with Gasteiger partial charge in [-0.15, -0.1) is 0 Å². The molecule has 214 valence electrons. The second kappa shape index (κ2) is 12.5. The number of carbonyl (C=O) groups is 2. The third kappa shape index (κ3) is 8.19. The van der Waals surface area contributed by atoms with Gasteiger partial charge in [0.05, 0.1) is 21.9 Å². The van der Waals surface area contributed by atoms with Crippen LogP contribution in [0, 0.1) is 5.92 Å². The van der Waals surface area contributed by atoms with Crippen molar-refractivity contribution in [3.8, 4) is 0 Å². The standard InChI is InChI=1S/C23H26ClF7N2O4S/c1-5-14(21(25,22(26,27)28)23(29,30)31)10-11-15(6-2)33-19(34)16-8-7-9-17(24)18(16)20(35)32-13(3)12-38(4,36)37/h6-11,13-14H,5,12H2,1-4H3,(H,32,35)(H,33,34). The number of sulfone groups is 1. The molecule has 2 atom stereocenters. The summed E-state index contributed by atoms with van der Waals surface area (Å²) in [7, 11) is -3.46. The van der Waals surface area contributed by atoms with E-state index in [1.807, 2.05) is 0 Å². The van der Waals surface area contributed by atoms with Crippen LogP contribution >= 0.6 is 11.6 Å². The summed E-state index contributed by atoms with van der Waals surface area (Å²) in [6.45, 7) is 3.64. The lowest BCUT2D eigenvalue weighted by atomic mass is 9.85. The van der Waals surface area contributed by atoms with Crippen molar-refractivity contribution in [3.63, 3.8) is 0 Å². The Bertz CT molecular complexity index is 1180. The minimum atomic E-state index is -6.26. The second-order valence-electron chi connectivity index (χ2n) is 8.41. The van der Waals surface area contributed by atoms with Gasteiger partial charge < -0.3 is 10.6 Å². The van der Waals surface area contributed by atoms with Gasteiger partial charge in [0, 0.05) is 23.9 Å². The molecule has 0 aliphatic carbocycles. The lowest BCUT2D eigenvalue weighted by Crippen LogP contribution is -2.57. The average Bonchev–Trinajstić information content (AvgIpc) is 2.74. The number of benzene rings is 1. The molecule has 6 nitrogen and oxygen atoms in total. The summed E-state index contributed by atoms with van der Waals surface area (Å²) in [5, 5.41) is 4.41. The Morgan fingerprint density at radius 1 is 1.05 bits per heavy atom. The van der Waals surface area contributed by atoms with Gasteiger partial charge in [-0.2, -0.15) is 26.3 Å². The molecule has 38 heavy (non-hydrogen) atoms. The van der Waals surface area contributed by atoms with Crippen molar-refractivity contribution in [2.24, 2.45) is 5.92 Å². The van der Waals surface area contributed by atoms with Crippen LogP contribution in [0.1, 0.15) is 47.9 Å². The number of nitrogens with one attached hydrogen (secondary N) is 2. The Balaban J connectivity index is 3.28. The first-order chi connectivity index (χ1) is 17.2. The van der Waals surface area contributed by atoms with E-state index in [4.69, 9.17) is 11.6 Å². The first kappa shape index (κ1) is 33.4. The maximum absolute atomic E-state index is 14.4. The van der Waals surface area contributed by atoms with E-state index in [1.165, 1.54) is 32.0 Å². The molecular formula is C23H26ClF7N2O4S. The SMILES string of the molecule is CC=C(C=CC(CC)C(F)(C(F)(F)F)C(F)(F)F)NC(=O)c1cccc(Cl)c1C(=O)NC(C)CS(C)(=O)=O. The molecule has 1 aromatic carbocycles. The highest BCUT2D eigenvalue weighted by Gasteiger charge is 2.74. The Morgan fingerprint density at radius 2 is 1.61 bits per heavy atom. The van der Waals surface area contributed by atoms with Crippen LogP contribution in [-0.2, 0) is 9.84 Å². The van der Waals surface area contributed by atoms with Gasteiger partial charge in [0.2, 0.25) is 0 Å². The van der Waals surface area contributed by atoms with E-state index in [1.54, 1.807) is 0 Å². The summed E-state index contributed by atoms with van der Waals surface area (Å²) in [4.78, 5) is 25.6. The fourth-order valence-corrected chi connectivity index (χ4v) is 4.75. The van der Waals surface area contributed by atoms with Crippen LogP contribution in [0.3, 0.4) is 0 Å². The third-order valence-electron chi connectivity index (χ3n) is 5.27. The van der Waals surface area contributed by atoms with E-state index in [9.17, 15) is 48.7 Å². The van der Waals surface area contributed by atoms with Gasteiger partial charge in [0.25, 0.3) is 11.8 Å². The number of halogens is 8. The van der Waals surface area contributed by atoms with Gasteiger partial charge in [0.1, 0.15) is 9.84 Å². The van der Waals surface area contributed by atoms with E-state index in [2.05, 4.69) is 10.6 Å². The van der Waals surface area contributed by atoms with Gasteiger partial charge in [0.15, 0.2) is 0 Å². The van der Waals surface area contributed by atoms with Crippen molar-refractivity contribution in [2.45, 2.75) is 51.3 Å². The van der Waals surface area contributed by atoms with Crippen LogP contribution in [0.5, 0.6) is 0 Å². The Labute approximate surface area is 220 Å². The van der Waals surface area contributed by atoms with Crippen LogP contribution in [0.15, 0.2) is 42.1 Å². The first-order valence-corrected chi connectivity index (χ1v) is 13.4. The minimum absolute atomic E-state index is 0.192. The predicted octanol–water partition coefficient (Wildman–Crippen LogP) is 5.55. The number of allylic oxidation sites excluding steroid dienone is 3. The quantitative estimate of drug-likeness (QED) is 0.274. The lowest BCUT2D eigenvalue weighted by molar-refractivity contribution is -0.353. The highest BCUT2D eigenvalue weighted by atomic mass is 35.5. The lowest BCUT2D eigenvalue weighted by Gasteiger charge is -2.34. The smallest absolute Gasteiger partial charge is 0.348 e. The molecule has 0 heterocycles. The van der Waals surface area contributed by atoms with Gasteiger partial charge in [-0.25, -0.2) is 12.8 Å². The summed E-state index contributed by atoms with van der Waals surface area (Å²) >= 11 is 6.07. The topological polar surface area (TPSA) is 92.3 Å². The van der Waals surface area contributed by atoms with E-state index < -0.39 is 63.8 Å². The zero-order valence-corrected chi connectivity index (χ0v) is 22.2. The van der Waals surface area contributed by atoms with Crippen molar-refractivity contribution >= 4 is 33.3 Å². The fourth-order valence-electron chi connectivity index (χ4n) is 3.50. The van der Waals surface area contributed by atoms with Crippen LogP contribution in [0.25, 0.3) is 0 Å². The van der Waals surface area contributed by atoms with Crippen LogP contribution in [0.4, 0.5) is 30.7 Å². The van der Waals surface area contributed by atoms with Gasteiger partial charge in [-0.05, 0) is 38.5 Å². The predicted molar refractivity (Wildman–Crippen MR) is 128 cm³/mol. The molecule has 0 saturated carbocycles. The Morgan fingerprint density at radius 3 is 2.05 bits per heavy atom. The molecule has 1 rings (SSSR count). The Kier molecular flexibility index (Phi) is 11.0. The summed E-state index contributed by atoms with van der Waals surface area (Å²) in [5.41, 5.74) is -6.51. The van der Waals surface area contributed by atoms with Gasteiger partial charge >= 0.3 is 18.0 Å². The van der Waals surface area contributed by atoms with Crippen molar-refractivity contribution in [3.05, 3.63) is 58.3 Å². The molecule has 2 amide bonds. The highest BCUT2D eigenvalue weighted by molar-refractivity contribution is 7.90. The zero-order chi connectivity index (χ0) is 29.7. The maximum Gasteiger partial charge on any atom is 0.432 e. The Hall–Kier alpha value is -2.61. The second-order valence-corrected chi connectivity index (χ2v) is 11.0. The molecule has 0 bridgehead atoms. The fraction of sp³-hybridized carbons (Fsp3) is 0.478. The maximum atomic E-state index is 14.4. The molecule has 2 N–H and O–H groups in total.